The van der Waals surface area contributed by atoms with Crippen LogP contribution in [0.5, 0.6) is 0 Å². The van der Waals surface area contributed by atoms with Crippen molar-refractivity contribution in [2.45, 2.75) is 18.9 Å². The second-order valence-corrected chi connectivity index (χ2v) is 5.37. The molecule has 0 N–H and O–H groups in total. The normalized spacial score (nSPS) is 18.7. The summed E-state index contributed by atoms with van der Waals surface area (Å²) in [7, 11) is 1.65. The first-order valence-corrected chi connectivity index (χ1v) is 7.11. The van der Waals surface area contributed by atoms with Gasteiger partial charge in [-0.25, -0.2) is 0 Å². The summed E-state index contributed by atoms with van der Waals surface area (Å²) in [5.74, 6) is -0.187. The molecule has 1 aliphatic rings. The minimum absolute atomic E-state index is 0.185. The Morgan fingerprint density at radius 3 is 2.95 bits per heavy atom. The molecule has 2 aromatic heterocycles. The number of rotatable bonds is 2. The van der Waals surface area contributed by atoms with Crippen LogP contribution in [0.4, 0.5) is 0 Å². The average Bonchev–Trinajstić information content (AvgIpc) is 3.04. The van der Waals surface area contributed by atoms with Gasteiger partial charge < -0.3 is 9.47 Å². The fourth-order valence-electron chi connectivity index (χ4n) is 2.78. The first kappa shape index (κ1) is 13.6. The molecule has 0 radical (unpaired) electrons. The fourth-order valence-corrected chi connectivity index (χ4v) is 2.78. The smallest absolute Gasteiger partial charge is 0.263 e. The lowest BCUT2D eigenvalue weighted by Crippen LogP contribution is -2.43. The number of aryl methyl sites for hydroxylation is 1. The summed E-state index contributed by atoms with van der Waals surface area (Å²) >= 11 is 0. The van der Waals surface area contributed by atoms with E-state index in [-0.39, 0.29) is 23.1 Å². The second kappa shape index (κ2) is 5.55. The zero-order chi connectivity index (χ0) is 14.8. The zero-order valence-electron chi connectivity index (χ0n) is 12.0. The molecule has 6 nitrogen and oxygen atoms in total. The summed E-state index contributed by atoms with van der Waals surface area (Å²) in [6.07, 6.45) is 7.23. The number of hydrogen-bond acceptors (Lipinski definition) is 3. The summed E-state index contributed by atoms with van der Waals surface area (Å²) < 4.78 is 3.32. The van der Waals surface area contributed by atoms with Crippen LogP contribution in [-0.4, -0.2) is 38.2 Å². The van der Waals surface area contributed by atoms with E-state index in [1.54, 1.807) is 36.5 Å². The molecule has 0 aromatic carbocycles. The van der Waals surface area contributed by atoms with Crippen molar-refractivity contribution in [1.29, 1.82) is 0 Å². The van der Waals surface area contributed by atoms with E-state index in [0.29, 0.717) is 13.1 Å². The summed E-state index contributed by atoms with van der Waals surface area (Å²) in [4.78, 5) is 26.4. The quantitative estimate of drug-likeness (QED) is 0.829. The van der Waals surface area contributed by atoms with Gasteiger partial charge in [0.2, 0.25) is 0 Å². The van der Waals surface area contributed by atoms with E-state index < -0.39 is 0 Å². The van der Waals surface area contributed by atoms with Crippen molar-refractivity contribution in [3.05, 3.63) is 52.7 Å². The highest BCUT2D eigenvalue weighted by molar-refractivity contribution is 5.93. The van der Waals surface area contributed by atoms with Crippen molar-refractivity contribution in [1.82, 2.24) is 19.2 Å². The minimum Gasteiger partial charge on any atom is -0.336 e. The highest BCUT2D eigenvalue weighted by Gasteiger charge is 2.27. The summed E-state index contributed by atoms with van der Waals surface area (Å²) in [5.41, 5.74) is -0.00942. The number of carbonyl (C=O) groups excluding carboxylic acids is 1. The topological polar surface area (TPSA) is 60.1 Å². The van der Waals surface area contributed by atoms with Crippen molar-refractivity contribution in [2.75, 3.05) is 13.1 Å². The standard InChI is InChI=1S/C15H18N4O2/c1-17-8-3-6-13(14(17)20)15(21)18-9-2-5-12(11-18)19-10-4-7-16-19/h3-4,6-8,10,12H,2,5,9,11H2,1H3. The van der Waals surface area contributed by atoms with E-state index in [9.17, 15) is 9.59 Å². The summed E-state index contributed by atoms with van der Waals surface area (Å²) in [6.45, 7) is 1.28. The lowest BCUT2D eigenvalue weighted by molar-refractivity contribution is 0.0670. The van der Waals surface area contributed by atoms with Gasteiger partial charge in [-0.3, -0.25) is 14.3 Å². The molecule has 1 atom stereocenters. The number of carbonyl (C=O) groups is 1. The van der Waals surface area contributed by atoms with E-state index in [2.05, 4.69) is 5.10 Å². The van der Waals surface area contributed by atoms with Crippen LogP contribution < -0.4 is 5.56 Å². The molecule has 0 bridgehead atoms. The molecule has 0 saturated carbocycles. The Balaban J connectivity index is 1.81. The van der Waals surface area contributed by atoms with Crippen molar-refractivity contribution >= 4 is 5.91 Å². The van der Waals surface area contributed by atoms with Crippen LogP contribution in [0.15, 0.2) is 41.6 Å². The molecule has 0 spiro atoms. The van der Waals surface area contributed by atoms with Gasteiger partial charge >= 0.3 is 0 Å². The van der Waals surface area contributed by atoms with Crippen LogP contribution in [0.2, 0.25) is 0 Å². The monoisotopic (exact) mass is 286 g/mol. The molecule has 2 aromatic rings. The SMILES string of the molecule is Cn1cccc(C(=O)N2CCCC(n3cccn3)C2)c1=O. The number of aromatic nitrogens is 3. The third kappa shape index (κ3) is 2.61. The Hall–Kier alpha value is -2.37. The van der Waals surface area contributed by atoms with Gasteiger partial charge in [0.1, 0.15) is 5.56 Å². The average molecular weight is 286 g/mol. The molecule has 110 valence electrons. The van der Waals surface area contributed by atoms with Crippen molar-refractivity contribution in [3.8, 4) is 0 Å². The van der Waals surface area contributed by atoms with Crippen molar-refractivity contribution in [2.24, 2.45) is 7.05 Å². The molecule has 21 heavy (non-hydrogen) atoms. The molecule has 1 aliphatic heterocycles. The first-order chi connectivity index (χ1) is 10.2. The number of likely N-dealkylation sites (tertiary alicyclic amines) is 1. The lowest BCUT2D eigenvalue weighted by atomic mass is 10.0. The molecular weight excluding hydrogens is 268 g/mol. The van der Waals surface area contributed by atoms with E-state index in [1.165, 1.54) is 4.57 Å². The zero-order valence-corrected chi connectivity index (χ0v) is 12.0. The Morgan fingerprint density at radius 1 is 1.33 bits per heavy atom. The highest BCUT2D eigenvalue weighted by atomic mass is 16.2. The maximum Gasteiger partial charge on any atom is 0.263 e. The van der Waals surface area contributed by atoms with E-state index in [1.807, 2.05) is 16.9 Å². The predicted molar refractivity (Wildman–Crippen MR) is 78.1 cm³/mol. The molecule has 1 fully saturated rings. The first-order valence-electron chi connectivity index (χ1n) is 7.11. The van der Waals surface area contributed by atoms with Gasteiger partial charge in [0.05, 0.1) is 6.04 Å². The molecule has 6 heteroatoms. The van der Waals surface area contributed by atoms with Gasteiger partial charge in [0.15, 0.2) is 0 Å². The number of amides is 1. The van der Waals surface area contributed by atoms with Gasteiger partial charge in [0.25, 0.3) is 11.5 Å². The Bertz CT molecular complexity index is 690. The van der Waals surface area contributed by atoms with Crippen molar-refractivity contribution in [3.63, 3.8) is 0 Å². The van der Waals surface area contributed by atoms with E-state index in [0.717, 1.165) is 12.8 Å². The Kier molecular flexibility index (Phi) is 3.60. The second-order valence-electron chi connectivity index (χ2n) is 5.37. The predicted octanol–water partition coefficient (Wildman–Crippen LogP) is 1.06. The van der Waals surface area contributed by atoms with Crippen LogP contribution in [0.1, 0.15) is 29.2 Å². The van der Waals surface area contributed by atoms with Crippen LogP contribution in [-0.2, 0) is 7.05 Å². The molecule has 3 rings (SSSR count). The third-order valence-corrected chi connectivity index (χ3v) is 3.94. The van der Waals surface area contributed by atoms with Gasteiger partial charge in [-0.2, -0.15) is 5.10 Å². The molecular formula is C15H18N4O2. The molecule has 1 unspecified atom stereocenters. The van der Waals surface area contributed by atoms with Gasteiger partial charge in [-0.15, -0.1) is 0 Å². The highest BCUT2D eigenvalue weighted by Crippen LogP contribution is 2.21. The lowest BCUT2D eigenvalue weighted by Gasteiger charge is -2.32. The summed E-state index contributed by atoms with van der Waals surface area (Å²) in [6, 6.07) is 5.39. The van der Waals surface area contributed by atoms with Crippen LogP contribution >= 0.6 is 0 Å². The van der Waals surface area contributed by atoms with E-state index >= 15 is 0 Å². The fraction of sp³-hybridized carbons (Fsp3) is 0.400. The molecule has 1 saturated heterocycles. The number of hydrogen-bond donors (Lipinski definition) is 0. The van der Waals surface area contributed by atoms with Gasteiger partial charge in [-0.1, -0.05) is 0 Å². The van der Waals surface area contributed by atoms with Crippen LogP contribution in [0.3, 0.4) is 0 Å². The summed E-state index contributed by atoms with van der Waals surface area (Å²) in [5, 5.41) is 4.25. The minimum atomic E-state index is -0.247. The maximum absolute atomic E-state index is 12.6. The number of nitrogens with zero attached hydrogens (tertiary/aromatic N) is 4. The van der Waals surface area contributed by atoms with Crippen LogP contribution in [0.25, 0.3) is 0 Å². The Labute approximate surface area is 122 Å². The molecule has 3 heterocycles. The number of piperidine rings is 1. The maximum atomic E-state index is 12.6. The van der Waals surface area contributed by atoms with E-state index in [4.69, 9.17) is 0 Å². The largest absolute Gasteiger partial charge is 0.336 e. The molecule has 1 amide bonds. The van der Waals surface area contributed by atoms with Crippen LogP contribution in [0, 0.1) is 0 Å². The van der Waals surface area contributed by atoms with Gasteiger partial charge in [0, 0.05) is 38.7 Å². The van der Waals surface area contributed by atoms with Crippen molar-refractivity contribution < 1.29 is 4.79 Å². The Morgan fingerprint density at radius 2 is 2.19 bits per heavy atom. The number of pyridine rings is 1. The van der Waals surface area contributed by atoms with Gasteiger partial charge in [-0.05, 0) is 31.0 Å². The molecule has 0 aliphatic carbocycles. The third-order valence-electron chi connectivity index (χ3n) is 3.94.